The van der Waals surface area contributed by atoms with E-state index in [1.54, 1.807) is 29.5 Å². The lowest BCUT2D eigenvalue weighted by Gasteiger charge is -2.18. The summed E-state index contributed by atoms with van der Waals surface area (Å²) >= 11 is 5.10. The van der Waals surface area contributed by atoms with Crippen molar-refractivity contribution in [1.29, 1.82) is 0 Å². The molecular formula is C13H12BrNO2S. The third kappa shape index (κ3) is 3.11. The van der Waals surface area contributed by atoms with E-state index in [-0.39, 0.29) is 0 Å². The minimum absolute atomic E-state index is 0.312. The second-order valence-corrected chi connectivity index (χ2v) is 5.85. The number of carboxylic acids is 1. The minimum Gasteiger partial charge on any atom is -0.478 e. The summed E-state index contributed by atoms with van der Waals surface area (Å²) in [6.45, 7) is 0.763. The number of nitrogens with zero attached hydrogens (tertiary/aromatic N) is 1. The van der Waals surface area contributed by atoms with Crippen LogP contribution in [0.3, 0.4) is 0 Å². The maximum atomic E-state index is 10.9. The van der Waals surface area contributed by atoms with Gasteiger partial charge in [0.2, 0.25) is 0 Å². The van der Waals surface area contributed by atoms with Crippen LogP contribution in [0, 0.1) is 0 Å². The Balaban J connectivity index is 2.15. The van der Waals surface area contributed by atoms with Gasteiger partial charge in [0.1, 0.15) is 0 Å². The van der Waals surface area contributed by atoms with Crippen LogP contribution >= 0.6 is 27.3 Å². The summed E-state index contributed by atoms with van der Waals surface area (Å²) in [6, 6.07) is 9.03. The molecule has 1 heterocycles. The zero-order valence-electron chi connectivity index (χ0n) is 9.76. The first kappa shape index (κ1) is 13.1. The van der Waals surface area contributed by atoms with E-state index in [1.165, 1.54) is 4.88 Å². The molecule has 94 valence electrons. The van der Waals surface area contributed by atoms with Crippen molar-refractivity contribution in [2.45, 2.75) is 6.54 Å². The SMILES string of the molecule is CN(Cc1cc(Br)cs1)c1cccc(C(=O)O)c1. The van der Waals surface area contributed by atoms with E-state index in [2.05, 4.69) is 22.0 Å². The summed E-state index contributed by atoms with van der Waals surface area (Å²) in [6.07, 6.45) is 0. The number of benzene rings is 1. The van der Waals surface area contributed by atoms with Crippen LogP contribution in [0.15, 0.2) is 40.2 Å². The summed E-state index contributed by atoms with van der Waals surface area (Å²) < 4.78 is 1.08. The number of anilines is 1. The van der Waals surface area contributed by atoms with Crippen LogP contribution in [-0.4, -0.2) is 18.1 Å². The van der Waals surface area contributed by atoms with Gasteiger partial charge in [-0.05, 0) is 40.2 Å². The van der Waals surface area contributed by atoms with Gasteiger partial charge in [0.15, 0.2) is 0 Å². The lowest BCUT2D eigenvalue weighted by Crippen LogP contribution is -2.16. The second-order valence-electron chi connectivity index (χ2n) is 3.94. The predicted octanol–water partition coefficient (Wildman–Crippen LogP) is 3.85. The summed E-state index contributed by atoms with van der Waals surface area (Å²) in [5, 5.41) is 11.0. The highest BCUT2D eigenvalue weighted by molar-refractivity contribution is 9.10. The van der Waals surface area contributed by atoms with E-state index in [1.807, 2.05) is 23.4 Å². The van der Waals surface area contributed by atoms with Gasteiger partial charge in [-0.2, -0.15) is 0 Å². The maximum absolute atomic E-state index is 10.9. The Kier molecular flexibility index (Phi) is 4.04. The van der Waals surface area contributed by atoms with Crippen LogP contribution in [0.25, 0.3) is 0 Å². The van der Waals surface area contributed by atoms with E-state index >= 15 is 0 Å². The van der Waals surface area contributed by atoms with Gasteiger partial charge in [-0.3, -0.25) is 0 Å². The molecule has 3 nitrogen and oxygen atoms in total. The molecule has 0 aliphatic heterocycles. The Morgan fingerprint density at radius 3 is 2.83 bits per heavy atom. The van der Waals surface area contributed by atoms with E-state index < -0.39 is 5.97 Å². The molecule has 18 heavy (non-hydrogen) atoms. The molecule has 5 heteroatoms. The predicted molar refractivity (Wildman–Crippen MR) is 77.5 cm³/mol. The van der Waals surface area contributed by atoms with Gasteiger partial charge in [0.05, 0.1) is 12.1 Å². The molecule has 1 aromatic heterocycles. The monoisotopic (exact) mass is 325 g/mol. The molecule has 0 saturated carbocycles. The Bertz CT molecular complexity index is 568. The van der Waals surface area contributed by atoms with Gasteiger partial charge in [0.25, 0.3) is 0 Å². The van der Waals surface area contributed by atoms with E-state index in [4.69, 9.17) is 5.11 Å². The first-order valence-electron chi connectivity index (χ1n) is 5.33. The Morgan fingerprint density at radius 2 is 2.22 bits per heavy atom. The van der Waals surface area contributed by atoms with Crippen molar-refractivity contribution < 1.29 is 9.90 Å². The lowest BCUT2D eigenvalue weighted by molar-refractivity contribution is 0.0697. The van der Waals surface area contributed by atoms with Crippen LogP contribution in [0.5, 0.6) is 0 Å². The van der Waals surface area contributed by atoms with E-state index in [0.29, 0.717) is 5.56 Å². The van der Waals surface area contributed by atoms with Crippen LogP contribution in [0.1, 0.15) is 15.2 Å². The molecule has 2 aromatic rings. The number of carbonyl (C=O) groups is 1. The number of hydrogen-bond acceptors (Lipinski definition) is 3. The summed E-state index contributed by atoms with van der Waals surface area (Å²) in [7, 11) is 1.95. The van der Waals surface area contributed by atoms with Gasteiger partial charge < -0.3 is 10.0 Å². The molecule has 2 rings (SSSR count). The van der Waals surface area contributed by atoms with E-state index in [0.717, 1.165) is 16.7 Å². The first-order valence-corrected chi connectivity index (χ1v) is 7.01. The fraction of sp³-hybridized carbons (Fsp3) is 0.154. The van der Waals surface area contributed by atoms with Gasteiger partial charge in [0, 0.05) is 27.5 Å². The van der Waals surface area contributed by atoms with Crippen LogP contribution in [0.4, 0.5) is 5.69 Å². The highest BCUT2D eigenvalue weighted by atomic mass is 79.9. The zero-order chi connectivity index (χ0) is 13.1. The van der Waals surface area contributed by atoms with Gasteiger partial charge in [-0.25, -0.2) is 4.79 Å². The molecule has 0 aliphatic rings. The number of rotatable bonds is 4. The number of aromatic carboxylic acids is 1. The van der Waals surface area contributed by atoms with Crippen molar-refractivity contribution in [3.05, 3.63) is 50.6 Å². The maximum Gasteiger partial charge on any atom is 0.335 e. The van der Waals surface area contributed by atoms with Crippen molar-refractivity contribution in [1.82, 2.24) is 0 Å². The summed E-state index contributed by atoms with van der Waals surface area (Å²) in [5.74, 6) is -0.899. The highest BCUT2D eigenvalue weighted by Crippen LogP contribution is 2.23. The van der Waals surface area contributed by atoms with Crippen LogP contribution in [-0.2, 0) is 6.54 Å². The first-order chi connectivity index (χ1) is 8.56. The van der Waals surface area contributed by atoms with Gasteiger partial charge in [-0.1, -0.05) is 6.07 Å². The summed E-state index contributed by atoms with van der Waals surface area (Å²) in [4.78, 5) is 14.2. The molecule has 0 aliphatic carbocycles. The third-order valence-electron chi connectivity index (χ3n) is 2.55. The van der Waals surface area contributed by atoms with Crippen LogP contribution in [0.2, 0.25) is 0 Å². The van der Waals surface area contributed by atoms with Gasteiger partial charge >= 0.3 is 5.97 Å². The molecule has 0 unspecified atom stereocenters. The largest absolute Gasteiger partial charge is 0.478 e. The standard InChI is InChI=1S/C13H12BrNO2S/c1-15(7-12-6-10(14)8-18-12)11-4-2-3-9(5-11)13(16)17/h2-6,8H,7H2,1H3,(H,16,17). The molecule has 0 amide bonds. The molecule has 0 atom stereocenters. The molecule has 0 bridgehead atoms. The number of hydrogen-bond donors (Lipinski definition) is 1. The average molecular weight is 326 g/mol. The van der Waals surface area contributed by atoms with Crippen LogP contribution < -0.4 is 4.90 Å². The molecule has 1 aromatic carbocycles. The smallest absolute Gasteiger partial charge is 0.335 e. The minimum atomic E-state index is -0.899. The molecular weight excluding hydrogens is 314 g/mol. The van der Waals surface area contributed by atoms with Crippen molar-refractivity contribution in [3.8, 4) is 0 Å². The topological polar surface area (TPSA) is 40.5 Å². The number of thiophene rings is 1. The Hall–Kier alpha value is -1.33. The Morgan fingerprint density at radius 1 is 1.44 bits per heavy atom. The lowest BCUT2D eigenvalue weighted by atomic mass is 10.2. The number of halogens is 1. The van der Waals surface area contributed by atoms with Gasteiger partial charge in [-0.15, -0.1) is 11.3 Å². The normalized spacial score (nSPS) is 10.3. The summed E-state index contributed by atoms with van der Waals surface area (Å²) in [5.41, 5.74) is 1.21. The van der Waals surface area contributed by atoms with Crippen molar-refractivity contribution >= 4 is 38.9 Å². The quantitative estimate of drug-likeness (QED) is 0.928. The second kappa shape index (κ2) is 5.54. The molecule has 0 radical (unpaired) electrons. The third-order valence-corrected chi connectivity index (χ3v) is 4.23. The van der Waals surface area contributed by atoms with E-state index in [9.17, 15) is 4.79 Å². The highest BCUT2D eigenvalue weighted by Gasteiger charge is 2.07. The molecule has 1 N–H and O–H groups in total. The average Bonchev–Trinajstić information content (AvgIpc) is 2.75. The molecule has 0 fully saturated rings. The van der Waals surface area contributed by atoms with Crippen molar-refractivity contribution in [2.24, 2.45) is 0 Å². The zero-order valence-corrected chi connectivity index (χ0v) is 12.2. The fourth-order valence-corrected chi connectivity index (χ4v) is 3.14. The van der Waals surface area contributed by atoms with Crippen molar-refractivity contribution in [3.63, 3.8) is 0 Å². The molecule has 0 saturated heterocycles. The van der Waals surface area contributed by atoms with Crippen molar-refractivity contribution in [2.75, 3.05) is 11.9 Å². The Labute approximate surface area is 118 Å². The fourth-order valence-electron chi connectivity index (χ4n) is 1.64. The molecule has 0 spiro atoms. The number of carboxylic acid groups (broad SMARTS) is 1.